The van der Waals surface area contributed by atoms with E-state index in [4.69, 9.17) is 16.3 Å². The van der Waals surface area contributed by atoms with Gasteiger partial charge in [-0.1, -0.05) is 11.6 Å². The van der Waals surface area contributed by atoms with Gasteiger partial charge in [-0.05, 0) is 31.0 Å². The smallest absolute Gasteiger partial charge is 0.237 e. The van der Waals surface area contributed by atoms with Gasteiger partial charge in [0.1, 0.15) is 0 Å². The Labute approximate surface area is 151 Å². The normalized spacial score (nSPS) is 20.4. The highest BCUT2D eigenvalue weighted by Gasteiger charge is 2.37. The first-order valence-corrected chi connectivity index (χ1v) is 8.54. The zero-order chi connectivity index (χ0) is 18.6. The molecule has 1 aliphatic rings. The molecule has 6 nitrogen and oxygen atoms in total. The molecule has 2 rings (SSSR count). The minimum absolute atomic E-state index is 0.00300. The second-order valence-electron chi connectivity index (χ2n) is 6.07. The Hall–Kier alpha value is -1.86. The molecule has 0 aliphatic carbocycles. The number of carbonyl (C=O) groups is 2. The summed E-state index contributed by atoms with van der Waals surface area (Å²) in [5.41, 5.74) is 0.640. The van der Waals surface area contributed by atoms with E-state index >= 15 is 0 Å². The fraction of sp³-hybridized carbons (Fsp3) is 0.529. The van der Waals surface area contributed by atoms with Crippen LogP contribution in [0.1, 0.15) is 25.8 Å². The van der Waals surface area contributed by atoms with Crippen molar-refractivity contribution in [3.8, 4) is 5.75 Å². The Morgan fingerprint density at radius 2 is 2.16 bits per heavy atom. The summed E-state index contributed by atoms with van der Waals surface area (Å²) in [4.78, 5) is 25.6. The topological polar surface area (TPSA) is 70.7 Å². The summed E-state index contributed by atoms with van der Waals surface area (Å²) in [6, 6.07) is 2.47. The van der Waals surface area contributed by atoms with Crippen LogP contribution >= 0.6 is 11.6 Å². The molecule has 1 heterocycles. The quantitative estimate of drug-likeness (QED) is 0.798. The van der Waals surface area contributed by atoms with Gasteiger partial charge in [0.05, 0.1) is 18.2 Å². The van der Waals surface area contributed by atoms with Crippen molar-refractivity contribution in [2.24, 2.45) is 0 Å². The molecule has 1 aliphatic heterocycles. The van der Waals surface area contributed by atoms with Gasteiger partial charge in [0.2, 0.25) is 11.8 Å². The summed E-state index contributed by atoms with van der Waals surface area (Å²) in [6.45, 7) is 4.67. The standard InChI is InChI=1S/C17H23ClFN3O3/c1-4-20-17(24)15-7-12(21-10(2)23)9-22(15)8-11-5-13(18)16(25-3)14(19)6-11/h5-6,12,15H,4,7-9H2,1-3H3,(H,20,24)(H,21,23)/t12-,15-/m0/s1. The fourth-order valence-corrected chi connectivity index (χ4v) is 3.48. The summed E-state index contributed by atoms with van der Waals surface area (Å²) in [6.07, 6.45) is 0.512. The number of amides is 2. The summed E-state index contributed by atoms with van der Waals surface area (Å²) in [7, 11) is 1.35. The maximum absolute atomic E-state index is 14.0. The van der Waals surface area contributed by atoms with E-state index in [9.17, 15) is 14.0 Å². The van der Waals surface area contributed by atoms with Crippen LogP contribution in [0, 0.1) is 5.82 Å². The molecule has 0 spiro atoms. The highest BCUT2D eigenvalue weighted by Crippen LogP contribution is 2.30. The second kappa shape index (κ2) is 8.49. The van der Waals surface area contributed by atoms with Crippen LogP contribution in [-0.2, 0) is 16.1 Å². The van der Waals surface area contributed by atoms with Gasteiger partial charge in [0.15, 0.2) is 11.6 Å². The minimum Gasteiger partial charge on any atom is -0.492 e. The molecular formula is C17H23ClFN3O3. The number of hydrogen-bond donors (Lipinski definition) is 2. The number of ether oxygens (including phenoxy) is 1. The van der Waals surface area contributed by atoms with Crippen molar-refractivity contribution in [3.63, 3.8) is 0 Å². The SMILES string of the molecule is CCNC(=O)[C@@H]1C[C@H](NC(C)=O)CN1Cc1cc(F)c(OC)c(Cl)c1. The first kappa shape index (κ1) is 19.5. The summed E-state index contributed by atoms with van der Waals surface area (Å²) in [5.74, 6) is -0.782. The second-order valence-corrected chi connectivity index (χ2v) is 6.47. The van der Waals surface area contributed by atoms with Crippen LogP contribution in [0.3, 0.4) is 0 Å². The molecule has 0 unspecified atom stereocenters. The third-order valence-electron chi connectivity index (χ3n) is 4.11. The van der Waals surface area contributed by atoms with Gasteiger partial charge in [0, 0.05) is 32.6 Å². The zero-order valence-corrected chi connectivity index (χ0v) is 15.3. The highest BCUT2D eigenvalue weighted by atomic mass is 35.5. The molecule has 1 aromatic carbocycles. The van der Waals surface area contributed by atoms with Crippen molar-refractivity contribution >= 4 is 23.4 Å². The van der Waals surface area contributed by atoms with E-state index in [1.807, 2.05) is 11.8 Å². The number of halogens is 2. The number of benzene rings is 1. The van der Waals surface area contributed by atoms with Gasteiger partial charge in [-0.3, -0.25) is 14.5 Å². The highest BCUT2D eigenvalue weighted by molar-refractivity contribution is 6.32. The Balaban J connectivity index is 2.19. The van der Waals surface area contributed by atoms with E-state index < -0.39 is 5.82 Å². The van der Waals surface area contributed by atoms with Gasteiger partial charge in [0.25, 0.3) is 0 Å². The lowest BCUT2D eigenvalue weighted by molar-refractivity contribution is -0.125. The molecular weight excluding hydrogens is 349 g/mol. The van der Waals surface area contributed by atoms with Gasteiger partial charge in [-0.2, -0.15) is 0 Å². The van der Waals surface area contributed by atoms with Crippen LogP contribution in [0.4, 0.5) is 4.39 Å². The van der Waals surface area contributed by atoms with E-state index in [1.54, 1.807) is 6.07 Å². The van der Waals surface area contributed by atoms with Crippen LogP contribution in [-0.4, -0.2) is 49.0 Å². The van der Waals surface area contributed by atoms with Gasteiger partial charge >= 0.3 is 0 Å². The molecule has 1 saturated heterocycles. The average molecular weight is 372 g/mol. The minimum atomic E-state index is -0.544. The third kappa shape index (κ3) is 4.83. The van der Waals surface area contributed by atoms with Crippen LogP contribution in [0.15, 0.2) is 12.1 Å². The van der Waals surface area contributed by atoms with Crippen molar-refractivity contribution in [3.05, 3.63) is 28.5 Å². The molecule has 1 aromatic rings. The van der Waals surface area contributed by atoms with Crippen molar-refractivity contribution < 1.29 is 18.7 Å². The van der Waals surface area contributed by atoms with Crippen LogP contribution in [0.5, 0.6) is 5.75 Å². The number of hydrogen-bond acceptors (Lipinski definition) is 4. The molecule has 2 atom stereocenters. The van der Waals surface area contributed by atoms with Crippen molar-refractivity contribution in [2.75, 3.05) is 20.2 Å². The molecule has 138 valence electrons. The summed E-state index contributed by atoms with van der Waals surface area (Å²) < 4.78 is 19.0. The maximum Gasteiger partial charge on any atom is 0.237 e. The monoisotopic (exact) mass is 371 g/mol. The predicted molar refractivity (Wildman–Crippen MR) is 93.1 cm³/mol. The van der Waals surface area contributed by atoms with Crippen LogP contribution in [0.25, 0.3) is 0 Å². The average Bonchev–Trinajstić information content (AvgIpc) is 2.89. The largest absolute Gasteiger partial charge is 0.492 e. The predicted octanol–water partition coefficient (Wildman–Crippen LogP) is 1.70. The Morgan fingerprint density at radius 1 is 1.44 bits per heavy atom. The molecule has 2 N–H and O–H groups in total. The molecule has 0 saturated carbocycles. The van der Waals surface area contributed by atoms with Crippen molar-refractivity contribution in [1.29, 1.82) is 0 Å². The van der Waals surface area contributed by atoms with E-state index in [-0.39, 0.29) is 34.7 Å². The first-order valence-electron chi connectivity index (χ1n) is 8.16. The molecule has 1 fully saturated rings. The van der Waals surface area contributed by atoms with Gasteiger partial charge in [-0.25, -0.2) is 4.39 Å². The van der Waals surface area contributed by atoms with Crippen molar-refractivity contribution in [1.82, 2.24) is 15.5 Å². The summed E-state index contributed by atoms with van der Waals surface area (Å²) in [5, 5.41) is 5.83. The first-order chi connectivity index (χ1) is 11.8. The van der Waals surface area contributed by atoms with Gasteiger partial charge in [-0.15, -0.1) is 0 Å². The lowest BCUT2D eigenvalue weighted by atomic mass is 10.1. The Morgan fingerprint density at radius 3 is 2.72 bits per heavy atom. The fourth-order valence-electron chi connectivity index (χ4n) is 3.17. The molecule has 25 heavy (non-hydrogen) atoms. The number of likely N-dealkylation sites (N-methyl/N-ethyl adjacent to an activating group) is 1. The number of methoxy groups -OCH3 is 1. The number of rotatable bonds is 6. The van der Waals surface area contributed by atoms with Gasteiger partial charge < -0.3 is 15.4 Å². The van der Waals surface area contributed by atoms with E-state index in [1.165, 1.54) is 20.1 Å². The van der Waals surface area contributed by atoms with Crippen LogP contribution < -0.4 is 15.4 Å². The van der Waals surface area contributed by atoms with Crippen molar-refractivity contribution in [2.45, 2.75) is 38.9 Å². The number of likely N-dealkylation sites (tertiary alicyclic amines) is 1. The van der Waals surface area contributed by atoms with E-state index in [2.05, 4.69) is 10.6 Å². The van der Waals surface area contributed by atoms with E-state index in [0.717, 1.165) is 0 Å². The zero-order valence-electron chi connectivity index (χ0n) is 14.6. The Bertz CT molecular complexity index is 633. The lowest BCUT2D eigenvalue weighted by Crippen LogP contribution is -2.42. The number of carbonyl (C=O) groups excluding carboxylic acids is 2. The van der Waals surface area contributed by atoms with E-state index in [0.29, 0.717) is 31.6 Å². The molecule has 0 bridgehead atoms. The van der Waals surface area contributed by atoms with Crippen LogP contribution in [0.2, 0.25) is 5.02 Å². The molecule has 0 radical (unpaired) electrons. The number of nitrogens with zero attached hydrogens (tertiary/aromatic N) is 1. The number of nitrogens with one attached hydrogen (secondary N) is 2. The Kier molecular flexibility index (Phi) is 6.61. The third-order valence-corrected chi connectivity index (χ3v) is 4.39. The molecule has 0 aromatic heterocycles. The summed E-state index contributed by atoms with van der Waals surface area (Å²) >= 11 is 6.05. The molecule has 2 amide bonds. The maximum atomic E-state index is 14.0. The molecule has 8 heteroatoms. The lowest BCUT2D eigenvalue weighted by Gasteiger charge is -2.23.